The van der Waals surface area contributed by atoms with Gasteiger partial charge in [0.1, 0.15) is 0 Å². The second-order valence-electron chi connectivity index (χ2n) is 37.6. The first kappa shape index (κ1) is 75.0. The van der Waals surface area contributed by atoms with Crippen LogP contribution in [0.1, 0.15) is 73.6 Å². The fraction of sp³-hybridized carbons (Fsp3) is 0.265. The maximum absolute atomic E-state index is 11.9. The molecule has 18 rings (SSSR count). The standard InChI is InChI=1S/2C49H52O2Si3.2ClH.Zr/c2*1-32-30-44-38(34-22-14-26-40-36(34)24-16-28-46(40)50-53(4,5)6)18-10-12-20-42(44)48(32)52(3)49-33(2)31-45-39(19-11-13-21-43(45)49)35-23-15-27-41-37(35)25-17-29-47(41)51-54(7,8)9;;;/h2*10-31,38-39,52H,1-9H3;2*1H;/q;;;;+2/p-2. The molecule has 111 heavy (non-hydrogen) atoms. The number of benzene rings is 8. The topological polar surface area (TPSA) is 36.9 Å². The van der Waals surface area contributed by atoms with E-state index in [9.17, 15) is 17.0 Å². The number of rotatable bonds is 12. The first-order valence-electron chi connectivity index (χ1n) is 40.4. The van der Waals surface area contributed by atoms with Gasteiger partial charge in [0.25, 0.3) is 0 Å². The van der Waals surface area contributed by atoms with Crippen molar-refractivity contribution in [3.63, 3.8) is 0 Å². The number of halogens is 2. The van der Waals surface area contributed by atoms with E-state index in [1.807, 2.05) is 0 Å². The van der Waals surface area contributed by atoms with E-state index < -0.39 is 76.8 Å². The van der Waals surface area contributed by atoms with Crippen LogP contribution in [0, 0.1) is 0 Å². The summed E-state index contributed by atoms with van der Waals surface area (Å²) in [6, 6.07) is 54.6. The Balaban J connectivity index is 1.01. The molecule has 0 N–H and O–H groups in total. The molecule has 0 aromatic heterocycles. The molecule has 8 aliphatic carbocycles. The van der Waals surface area contributed by atoms with Gasteiger partial charge in [-0.3, -0.25) is 0 Å². The molecular weight excluding hydrogens is 1570 g/mol. The Morgan fingerprint density at radius 1 is 0.288 bits per heavy atom. The summed E-state index contributed by atoms with van der Waals surface area (Å²) in [7, 11) is 10.0. The quantitative estimate of drug-likeness (QED) is 0.114. The Kier molecular flexibility index (Phi) is 16.9. The van der Waals surface area contributed by atoms with Crippen LogP contribution in [0.15, 0.2) is 334 Å². The summed E-state index contributed by atoms with van der Waals surface area (Å²) in [6.07, 6.45) is 49.9. The maximum atomic E-state index is 11.9. The van der Waals surface area contributed by atoms with Gasteiger partial charge in [-0.25, -0.2) is 0 Å². The molecule has 8 aromatic carbocycles. The Hall–Kier alpha value is -7.40. The van der Waals surface area contributed by atoms with Gasteiger partial charge in [0.15, 0.2) is 0 Å². The van der Waals surface area contributed by atoms with Crippen LogP contribution in [0.4, 0.5) is 0 Å². The van der Waals surface area contributed by atoms with Crippen molar-refractivity contribution in [1.82, 2.24) is 0 Å². The molecule has 2 saturated heterocycles. The Morgan fingerprint density at radius 2 is 0.486 bits per heavy atom. The summed E-state index contributed by atoms with van der Waals surface area (Å²) in [5, 5.41) is 9.36. The van der Waals surface area contributed by atoms with Crippen molar-refractivity contribution in [3.8, 4) is 23.0 Å². The Morgan fingerprint density at radius 3 is 0.694 bits per heavy atom. The third kappa shape index (κ3) is 9.39. The number of hydrogen-bond acceptors (Lipinski definition) is 4. The molecule has 8 aromatic rings. The third-order valence-electron chi connectivity index (χ3n) is 27.8. The van der Waals surface area contributed by atoms with Crippen LogP contribution in [0.5, 0.6) is 23.0 Å². The molecule has 4 nitrogen and oxygen atoms in total. The van der Waals surface area contributed by atoms with E-state index in [0.29, 0.717) is 0 Å². The van der Waals surface area contributed by atoms with Gasteiger partial charge in [0.05, 0.1) is 0 Å². The Labute approximate surface area is 670 Å². The summed E-state index contributed by atoms with van der Waals surface area (Å²) in [5.41, 5.74) is 20.9. The van der Waals surface area contributed by atoms with Crippen LogP contribution in [-0.4, -0.2) is 50.9 Å². The zero-order valence-electron chi connectivity index (χ0n) is 67.8. The van der Waals surface area contributed by atoms with Gasteiger partial charge < -0.3 is 0 Å². The first-order valence-corrected chi connectivity index (χ1v) is 69.9. The van der Waals surface area contributed by atoms with Crippen LogP contribution >= 0.6 is 17.0 Å². The molecule has 0 amide bonds. The molecule has 5 spiro atoms. The number of allylic oxidation sites excluding steroid dienone is 32. The predicted molar refractivity (Wildman–Crippen MR) is 487 cm³/mol. The van der Waals surface area contributed by atoms with E-state index in [1.165, 1.54) is 111 Å². The molecule has 13 heteroatoms. The van der Waals surface area contributed by atoms with Crippen LogP contribution in [0.25, 0.3) is 43.1 Å². The molecule has 2 aliphatic heterocycles. The van der Waals surface area contributed by atoms with Gasteiger partial charge in [-0.15, -0.1) is 0 Å². The second kappa shape index (κ2) is 25.1. The monoisotopic (exact) mass is 1670 g/mol. The summed E-state index contributed by atoms with van der Waals surface area (Å²) in [5.74, 6) is 3.14. The minimum absolute atomic E-state index is 0.162. The van der Waals surface area contributed by atoms with Crippen molar-refractivity contribution >= 4 is 111 Å². The van der Waals surface area contributed by atoms with E-state index >= 15 is 0 Å². The summed E-state index contributed by atoms with van der Waals surface area (Å²) in [4.78, 5) is 0. The molecular formula is C98H104Cl2O4Si6Zr. The fourth-order valence-corrected chi connectivity index (χ4v) is 153. The van der Waals surface area contributed by atoms with Crippen LogP contribution in [0.2, 0.25) is 103 Å². The number of fused-ring (bicyclic) bond motifs is 12. The molecule has 0 radical (unpaired) electrons. The second-order valence-corrected chi connectivity index (χ2v) is 95.2. The Bertz CT molecular complexity index is 5340. The van der Waals surface area contributed by atoms with Crippen molar-refractivity contribution < 1.29 is 32.6 Å². The van der Waals surface area contributed by atoms with Gasteiger partial charge in [-0.1, -0.05) is 0 Å². The summed E-state index contributed by atoms with van der Waals surface area (Å²) < 4.78 is 24.7. The molecule has 0 bridgehead atoms. The van der Waals surface area contributed by atoms with Crippen LogP contribution in [-0.2, 0) is 14.9 Å². The number of hydrogen-bond donors (Lipinski definition) is 0. The van der Waals surface area contributed by atoms with Gasteiger partial charge in [-0.2, -0.15) is 0 Å². The SMILES string of the molecule is CC1=CC2=C(C=CC=CC2c2cccc3c(O[Si](C)(C)C)cccc23)[C]12[SiH](C)[C]1(C(C)=CC3=C1C=CC=CC3c1cccc3c(O[Si](C)(C)C)cccc13)[Zr]21([Cl])([Cl])[C]2(C(C)=CC3=C2C=CC=CC3c2cccc3c(O[Si](C)(C)C)cccc23)[SiH](C)[C]12C(C)=CC1=C2C=CC=CC1c1cccc2c(O[Si](C)(C)C)cccc12. The van der Waals surface area contributed by atoms with Gasteiger partial charge in [0.2, 0.25) is 0 Å². The molecule has 8 atom stereocenters. The summed E-state index contributed by atoms with van der Waals surface area (Å²) in [6.45, 7) is 43.1. The van der Waals surface area contributed by atoms with Crippen LogP contribution in [0.3, 0.4) is 0 Å². The normalized spacial score (nSPS) is 29.0. The third-order valence-corrected chi connectivity index (χ3v) is 116. The first-order chi connectivity index (χ1) is 52.7. The zero-order chi connectivity index (χ0) is 78.0. The van der Waals surface area contributed by atoms with Crippen molar-refractivity contribution in [2.24, 2.45) is 0 Å². The van der Waals surface area contributed by atoms with Crippen molar-refractivity contribution in [2.45, 2.75) is 154 Å². The minimum atomic E-state index is -7.97. The summed E-state index contributed by atoms with van der Waals surface area (Å²) >= 11 is -7.97. The van der Waals surface area contributed by atoms with Crippen molar-refractivity contribution in [2.75, 3.05) is 0 Å². The molecule has 8 unspecified atom stereocenters. The molecule has 2 heterocycles. The fourth-order valence-electron chi connectivity index (χ4n) is 25.8. The molecule has 10 aliphatic rings. The van der Waals surface area contributed by atoms with E-state index in [2.05, 4.69) is 386 Å². The van der Waals surface area contributed by atoms with E-state index in [-0.39, 0.29) is 23.7 Å². The average molecular weight is 1680 g/mol. The zero-order valence-corrected chi connectivity index (χ0v) is 78.0. The molecule has 562 valence electrons. The molecule has 0 saturated carbocycles. The predicted octanol–water partition coefficient (Wildman–Crippen LogP) is 28.2. The van der Waals surface area contributed by atoms with Crippen molar-refractivity contribution in [3.05, 3.63) is 356 Å². The van der Waals surface area contributed by atoms with Gasteiger partial charge in [0, 0.05) is 0 Å². The van der Waals surface area contributed by atoms with E-state index in [1.54, 1.807) is 0 Å². The van der Waals surface area contributed by atoms with Crippen molar-refractivity contribution in [1.29, 1.82) is 0 Å². The van der Waals surface area contributed by atoms with E-state index in [4.69, 9.17) is 17.7 Å². The average Bonchev–Trinajstić information content (AvgIpc) is 1.51. The van der Waals surface area contributed by atoms with E-state index in [0.717, 1.165) is 44.5 Å². The van der Waals surface area contributed by atoms with Gasteiger partial charge in [-0.05, 0) is 0 Å². The molecule has 2 fully saturated rings. The van der Waals surface area contributed by atoms with Crippen LogP contribution < -0.4 is 17.7 Å². The van der Waals surface area contributed by atoms with Gasteiger partial charge >= 0.3 is 677 Å².